The second-order valence-electron chi connectivity index (χ2n) is 6.37. The van der Waals surface area contributed by atoms with Crippen LogP contribution in [0.1, 0.15) is 39.9 Å². The molecule has 2 heteroatoms. The van der Waals surface area contributed by atoms with Gasteiger partial charge in [0.25, 0.3) is 0 Å². The van der Waals surface area contributed by atoms with E-state index in [1.807, 2.05) is 38.4 Å². The molecule has 0 radical (unpaired) electrons. The predicted molar refractivity (Wildman–Crippen MR) is 97.2 cm³/mol. The molecular formula is C21H23NO. The molecule has 0 aliphatic heterocycles. The van der Waals surface area contributed by atoms with Crippen LogP contribution >= 0.6 is 0 Å². The van der Waals surface area contributed by atoms with Gasteiger partial charge in [-0.25, -0.2) is 0 Å². The largest absolute Gasteiger partial charge is 0.378 e. The Morgan fingerprint density at radius 2 is 1.65 bits per heavy atom. The first-order valence-corrected chi connectivity index (χ1v) is 8.25. The maximum Gasteiger partial charge on any atom is 0.185 e. The summed E-state index contributed by atoms with van der Waals surface area (Å²) in [6.45, 7) is 0. The number of allylic oxidation sites excluding steroid dienone is 1. The van der Waals surface area contributed by atoms with Crippen LogP contribution in [-0.4, -0.2) is 19.9 Å². The summed E-state index contributed by atoms with van der Waals surface area (Å²) in [6, 6.07) is 14.4. The molecule has 0 saturated carbocycles. The van der Waals surface area contributed by atoms with Gasteiger partial charge in [0.2, 0.25) is 0 Å². The van der Waals surface area contributed by atoms with Crippen molar-refractivity contribution in [2.75, 3.05) is 19.0 Å². The molecule has 0 unspecified atom stereocenters. The van der Waals surface area contributed by atoms with E-state index in [9.17, 15) is 4.79 Å². The van der Waals surface area contributed by atoms with Gasteiger partial charge in [-0.3, -0.25) is 4.79 Å². The molecule has 3 rings (SSSR count). The smallest absolute Gasteiger partial charge is 0.185 e. The second-order valence-corrected chi connectivity index (χ2v) is 6.37. The summed E-state index contributed by atoms with van der Waals surface area (Å²) in [5, 5.41) is 0. The zero-order valence-electron chi connectivity index (χ0n) is 13.9. The lowest BCUT2D eigenvalue weighted by molar-refractivity contribution is 0.104. The Morgan fingerprint density at radius 1 is 0.957 bits per heavy atom. The molecule has 0 bridgehead atoms. The molecule has 118 valence electrons. The van der Waals surface area contributed by atoms with Crippen molar-refractivity contribution < 1.29 is 4.79 Å². The minimum atomic E-state index is 0.0788. The summed E-state index contributed by atoms with van der Waals surface area (Å²) in [4.78, 5) is 14.4. The Hall–Kier alpha value is -2.35. The number of aryl methyl sites for hydroxylation is 2. The average molecular weight is 305 g/mol. The van der Waals surface area contributed by atoms with E-state index in [1.54, 1.807) is 6.08 Å². The molecule has 0 saturated heterocycles. The van der Waals surface area contributed by atoms with E-state index < -0.39 is 0 Å². The van der Waals surface area contributed by atoms with E-state index in [1.165, 1.54) is 24.0 Å². The summed E-state index contributed by atoms with van der Waals surface area (Å²) in [5.41, 5.74) is 5.76. The van der Waals surface area contributed by atoms with Gasteiger partial charge in [0.15, 0.2) is 5.78 Å². The van der Waals surface area contributed by atoms with E-state index in [2.05, 4.69) is 29.2 Å². The number of rotatable bonds is 4. The second kappa shape index (κ2) is 6.82. The topological polar surface area (TPSA) is 20.3 Å². The van der Waals surface area contributed by atoms with Gasteiger partial charge in [-0.05, 0) is 66.6 Å². The fourth-order valence-electron chi connectivity index (χ4n) is 3.04. The molecule has 2 nitrogen and oxygen atoms in total. The molecule has 1 aliphatic rings. The molecular weight excluding hydrogens is 282 g/mol. The van der Waals surface area contributed by atoms with Crippen molar-refractivity contribution in [3.8, 4) is 0 Å². The van der Waals surface area contributed by atoms with Crippen LogP contribution in [0, 0.1) is 0 Å². The Labute approximate surface area is 138 Å². The van der Waals surface area contributed by atoms with Crippen molar-refractivity contribution in [3.05, 3.63) is 70.8 Å². The van der Waals surface area contributed by atoms with Gasteiger partial charge < -0.3 is 4.90 Å². The molecule has 2 aromatic rings. The number of anilines is 1. The lowest BCUT2D eigenvalue weighted by Crippen LogP contribution is -2.07. The van der Waals surface area contributed by atoms with Gasteiger partial charge in [0, 0.05) is 25.3 Å². The average Bonchev–Trinajstić information content (AvgIpc) is 2.59. The highest BCUT2D eigenvalue weighted by molar-refractivity contribution is 6.07. The van der Waals surface area contributed by atoms with Crippen LogP contribution in [0.3, 0.4) is 0 Å². The van der Waals surface area contributed by atoms with Gasteiger partial charge >= 0.3 is 0 Å². The van der Waals surface area contributed by atoms with E-state index in [4.69, 9.17) is 0 Å². The number of nitrogens with zero attached hydrogens (tertiary/aromatic N) is 1. The summed E-state index contributed by atoms with van der Waals surface area (Å²) in [7, 11) is 4.04. The Balaban J connectivity index is 1.73. The monoisotopic (exact) mass is 305 g/mol. The van der Waals surface area contributed by atoms with Gasteiger partial charge in [0.05, 0.1) is 0 Å². The fraction of sp³-hybridized carbons (Fsp3) is 0.286. The summed E-state index contributed by atoms with van der Waals surface area (Å²) in [6.07, 6.45) is 8.32. The molecule has 0 amide bonds. The first-order chi connectivity index (χ1) is 11.1. The summed E-state index contributed by atoms with van der Waals surface area (Å²) in [5.74, 6) is 0.0788. The molecule has 0 fully saturated rings. The van der Waals surface area contributed by atoms with Gasteiger partial charge in [-0.2, -0.15) is 0 Å². The van der Waals surface area contributed by atoms with Crippen LogP contribution in [0.15, 0.2) is 48.5 Å². The zero-order valence-corrected chi connectivity index (χ0v) is 13.9. The third kappa shape index (κ3) is 3.70. The lowest BCUT2D eigenvalue weighted by atomic mass is 9.90. The lowest BCUT2D eigenvalue weighted by Gasteiger charge is -2.15. The van der Waals surface area contributed by atoms with Crippen LogP contribution in [0.25, 0.3) is 6.08 Å². The molecule has 0 N–H and O–H groups in total. The molecule has 0 spiro atoms. The normalized spacial score (nSPS) is 13.8. The van der Waals surface area contributed by atoms with Gasteiger partial charge in [-0.1, -0.05) is 30.3 Å². The summed E-state index contributed by atoms with van der Waals surface area (Å²) >= 11 is 0. The highest BCUT2D eigenvalue weighted by Crippen LogP contribution is 2.22. The number of hydrogen-bond donors (Lipinski definition) is 0. The minimum absolute atomic E-state index is 0.0788. The SMILES string of the molecule is CN(C)c1ccc(C=CC(=O)c2ccc3c(c2)CCCC3)cc1. The van der Waals surface area contributed by atoms with Gasteiger partial charge in [0.1, 0.15) is 0 Å². The van der Waals surface area contributed by atoms with E-state index in [0.717, 1.165) is 29.7 Å². The number of ketones is 1. The van der Waals surface area contributed by atoms with Crippen molar-refractivity contribution in [1.29, 1.82) is 0 Å². The van der Waals surface area contributed by atoms with Crippen molar-refractivity contribution in [2.24, 2.45) is 0 Å². The Morgan fingerprint density at radius 3 is 2.35 bits per heavy atom. The highest BCUT2D eigenvalue weighted by atomic mass is 16.1. The van der Waals surface area contributed by atoms with Crippen LogP contribution in [0.5, 0.6) is 0 Å². The van der Waals surface area contributed by atoms with Crippen LogP contribution in [0.4, 0.5) is 5.69 Å². The Bertz CT molecular complexity index is 726. The highest BCUT2D eigenvalue weighted by Gasteiger charge is 2.11. The number of hydrogen-bond acceptors (Lipinski definition) is 2. The van der Waals surface area contributed by atoms with E-state index >= 15 is 0 Å². The van der Waals surface area contributed by atoms with Crippen molar-refractivity contribution in [2.45, 2.75) is 25.7 Å². The molecule has 2 aromatic carbocycles. The van der Waals surface area contributed by atoms with Gasteiger partial charge in [-0.15, -0.1) is 0 Å². The zero-order chi connectivity index (χ0) is 16.2. The standard InChI is InChI=1S/C21H23NO/c1-22(2)20-12-7-16(8-13-20)9-14-21(23)19-11-10-17-5-3-4-6-18(17)15-19/h7-15H,3-6H2,1-2H3. The number of carbonyl (C=O) groups excluding carboxylic acids is 1. The number of benzene rings is 2. The molecule has 1 aliphatic carbocycles. The molecule has 0 atom stereocenters. The quantitative estimate of drug-likeness (QED) is 0.611. The molecule has 0 aromatic heterocycles. The third-order valence-corrected chi connectivity index (χ3v) is 4.47. The van der Waals surface area contributed by atoms with Crippen LogP contribution in [0.2, 0.25) is 0 Å². The van der Waals surface area contributed by atoms with E-state index in [-0.39, 0.29) is 5.78 Å². The van der Waals surface area contributed by atoms with Crippen molar-refractivity contribution in [3.63, 3.8) is 0 Å². The molecule has 23 heavy (non-hydrogen) atoms. The molecule has 0 heterocycles. The Kier molecular flexibility index (Phi) is 4.61. The third-order valence-electron chi connectivity index (χ3n) is 4.47. The number of fused-ring (bicyclic) bond motifs is 1. The predicted octanol–water partition coefficient (Wildman–Crippen LogP) is 4.53. The fourth-order valence-corrected chi connectivity index (χ4v) is 3.04. The first-order valence-electron chi connectivity index (χ1n) is 8.25. The maximum absolute atomic E-state index is 12.4. The maximum atomic E-state index is 12.4. The first kappa shape index (κ1) is 15.5. The summed E-state index contributed by atoms with van der Waals surface area (Å²) < 4.78 is 0. The number of carbonyl (C=O) groups is 1. The van der Waals surface area contributed by atoms with Crippen LogP contribution < -0.4 is 4.90 Å². The van der Waals surface area contributed by atoms with Crippen molar-refractivity contribution >= 4 is 17.5 Å². The minimum Gasteiger partial charge on any atom is -0.378 e. The van der Waals surface area contributed by atoms with E-state index in [0.29, 0.717) is 0 Å². The van der Waals surface area contributed by atoms with Crippen molar-refractivity contribution in [1.82, 2.24) is 0 Å². The van der Waals surface area contributed by atoms with Crippen LogP contribution in [-0.2, 0) is 12.8 Å².